The van der Waals surface area contributed by atoms with Crippen molar-refractivity contribution in [3.05, 3.63) is 0 Å². The second-order valence-electron chi connectivity index (χ2n) is 6.71. The number of amides is 2. The van der Waals surface area contributed by atoms with Crippen molar-refractivity contribution in [3.8, 4) is 0 Å². The number of alkyl halides is 3. The van der Waals surface area contributed by atoms with Crippen molar-refractivity contribution in [3.63, 3.8) is 0 Å². The van der Waals surface area contributed by atoms with E-state index in [0.717, 1.165) is 0 Å². The van der Waals surface area contributed by atoms with Crippen molar-refractivity contribution in [1.82, 2.24) is 10.6 Å². The molecule has 4 aliphatic carbocycles. The number of hydrogen-bond donors (Lipinski definition) is 3. The number of hydrogen-bond acceptors (Lipinski definition) is 3. The van der Waals surface area contributed by atoms with E-state index in [0.29, 0.717) is 19.3 Å². The van der Waals surface area contributed by atoms with Gasteiger partial charge in [-0.2, -0.15) is 13.2 Å². The van der Waals surface area contributed by atoms with Crippen molar-refractivity contribution in [2.45, 2.75) is 55.5 Å². The van der Waals surface area contributed by atoms with Crippen molar-refractivity contribution in [2.24, 2.45) is 5.92 Å². The first kappa shape index (κ1) is 15.4. The van der Waals surface area contributed by atoms with Gasteiger partial charge in [-0.1, -0.05) is 0 Å². The number of ether oxygens (including phenoxy) is 1. The van der Waals surface area contributed by atoms with Gasteiger partial charge in [0.05, 0.1) is 17.6 Å². The summed E-state index contributed by atoms with van der Waals surface area (Å²) in [6, 6.07) is 0. The fourth-order valence-corrected chi connectivity index (χ4v) is 3.77. The zero-order valence-corrected chi connectivity index (χ0v) is 11.7. The Balaban J connectivity index is 1.32. The van der Waals surface area contributed by atoms with Crippen molar-refractivity contribution < 1.29 is 32.6 Å². The quantitative estimate of drug-likeness (QED) is 0.714. The average Bonchev–Trinajstić information content (AvgIpc) is 2.19. The fourth-order valence-electron chi connectivity index (χ4n) is 3.77. The van der Waals surface area contributed by atoms with E-state index in [1.807, 2.05) is 0 Å². The standard InChI is InChI=1S/C13H17F3N2O4/c14-13(15,16)7-1-8(2-7)22-3-9(19)17-11-4-12(5-11,6-11)18-10(20)21/h7-8,18H,1-6H2,(H,17,19)(H,20,21). The Hall–Kier alpha value is -1.51. The molecule has 0 aromatic rings. The third kappa shape index (κ3) is 2.73. The topological polar surface area (TPSA) is 87.7 Å². The largest absolute Gasteiger partial charge is 0.465 e. The zero-order valence-electron chi connectivity index (χ0n) is 11.7. The van der Waals surface area contributed by atoms with Crippen molar-refractivity contribution >= 4 is 12.0 Å². The van der Waals surface area contributed by atoms with Gasteiger partial charge in [0.15, 0.2) is 0 Å². The van der Waals surface area contributed by atoms with Crippen LogP contribution in [0.15, 0.2) is 0 Å². The number of halogens is 3. The SMILES string of the molecule is O=C(O)NC12CC(NC(=O)COC3CC(C(F)(F)F)C3)(C1)C2. The third-order valence-electron chi connectivity index (χ3n) is 4.81. The fraction of sp³-hybridized carbons (Fsp3) is 0.846. The van der Waals surface area contributed by atoms with Crippen molar-refractivity contribution in [1.29, 1.82) is 0 Å². The summed E-state index contributed by atoms with van der Waals surface area (Å²) in [6.45, 7) is -0.254. The minimum Gasteiger partial charge on any atom is -0.465 e. The minimum atomic E-state index is -4.18. The second kappa shape index (κ2) is 4.74. The monoisotopic (exact) mass is 322 g/mol. The lowest BCUT2D eigenvalue weighted by Crippen LogP contribution is -2.83. The third-order valence-corrected chi connectivity index (χ3v) is 4.81. The highest BCUT2D eigenvalue weighted by atomic mass is 19.4. The van der Waals surface area contributed by atoms with Gasteiger partial charge in [0.2, 0.25) is 5.91 Å². The van der Waals surface area contributed by atoms with E-state index in [1.165, 1.54) is 0 Å². The summed E-state index contributed by atoms with van der Waals surface area (Å²) in [4.78, 5) is 22.3. The summed E-state index contributed by atoms with van der Waals surface area (Å²) in [6.07, 6.45) is -4.29. The number of nitrogens with one attached hydrogen (secondary N) is 2. The Labute approximate surface area is 124 Å². The normalized spacial score (nSPS) is 39.0. The van der Waals surface area contributed by atoms with E-state index in [1.54, 1.807) is 0 Å². The van der Waals surface area contributed by atoms with Gasteiger partial charge in [0, 0.05) is 5.54 Å². The van der Waals surface area contributed by atoms with Gasteiger partial charge in [0.25, 0.3) is 0 Å². The molecule has 0 spiro atoms. The molecule has 0 aromatic carbocycles. The molecular weight excluding hydrogens is 305 g/mol. The maximum Gasteiger partial charge on any atom is 0.405 e. The van der Waals surface area contributed by atoms with Crippen LogP contribution in [-0.4, -0.2) is 47.1 Å². The zero-order chi connectivity index (χ0) is 16.2. The maximum absolute atomic E-state index is 12.3. The van der Waals surface area contributed by atoms with Gasteiger partial charge in [-0.05, 0) is 32.1 Å². The first-order chi connectivity index (χ1) is 10.1. The van der Waals surface area contributed by atoms with Crippen LogP contribution in [0.25, 0.3) is 0 Å². The van der Waals surface area contributed by atoms with Gasteiger partial charge < -0.3 is 20.5 Å². The molecule has 0 aliphatic heterocycles. The molecule has 4 rings (SSSR count). The number of carbonyl (C=O) groups is 2. The summed E-state index contributed by atoms with van der Waals surface area (Å²) in [5.74, 6) is -1.68. The van der Waals surface area contributed by atoms with Crippen LogP contribution < -0.4 is 10.6 Å². The molecule has 2 bridgehead atoms. The molecule has 3 N–H and O–H groups in total. The van der Waals surface area contributed by atoms with Crippen LogP contribution in [0.2, 0.25) is 0 Å². The van der Waals surface area contributed by atoms with Gasteiger partial charge in [0.1, 0.15) is 6.61 Å². The van der Waals surface area contributed by atoms with E-state index in [2.05, 4.69) is 10.6 Å². The molecule has 0 radical (unpaired) electrons. The molecule has 0 atom stereocenters. The highest BCUT2D eigenvalue weighted by Gasteiger charge is 2.69. The molecule has 9 heteroatoms. The minimum absolute atomic E-state index is 0.0897. The first-order valence-electron chi connectivity index (χ1n) is 7.12. The summed E-state index contributed by atoms with van der Waals surface area (Å²) in [5.41, 5.74) is -0.773. The molecule has 0 aromatic heterocycles. The molecule has 22 heavy (non-hydrogen) atoms. The predicted octanol–water partition coefficient (Wildman–Crippen LogP) is 1.40. The van der Waals surface area contributed by atoms with E-state index in [4.69, 9.17) is 9.84 Å². The molecule has 0 unspecified atom stereocenters. The van der Waals surface area contributed by atoms with Gasteiger partial charge in [-0.3, -0.25) is 4.79 Å². The lowest BCUT2D eigenvalue weighted by atomic mass is 9.44. The van der Waals surface area contributed by atoms with Crippen LogP contribution in [-0.2, 0) is 9.53 Å². The Morgan fingerprint density at radius 1 is 1.14 bits per heavy atom. The van der Waals surface area contributed by atoms with E-state index in [-0.39, 0.29) is 30.9 Å². The highest BCUT2D eigenvalue weighted by molar-refractivity contribution is 5.79. The van der Waals surface area contributed by atoms with Gasteiger partial charge in [-0.25, -0.2) is 4.79 Å². The molecule has 0 saturated heterocycles. The first-order valence-corrected chi connectivity index (χ1v) is 7.12. The Morgan fingerprint density at radius 3 is 2.18 bits per heavy atom. The van der Waals surface area contributed by atoms with Crippen LogP contribution in [0.5, 0.6) is 0 Å². The van der Waals surface area contributed by atoms with Crippen LogP contribution in [0.3, 0.4) is 0 Å². The lowest BCUT2D eigenvalue weighted by Gasteiger charge is -2.69. The van der Waals surface area contributed by atoms with Crippen LogP contribution in [0, 0.1) is 5.92 Å². The van der Waals surface area contributed by atoms with Crippen LogP contribution in [0.4, 0.5) is 18.0 Å². The molecule has 4 fully saturated rings. The number of rotatable bonds is 5. The Bertz CT molecular complexity index is 482. The van der Waals surface area contributed by atoms with Gasteiger partial charge >= 0.3 is 12.3 Å². The molecule has 6 nitrogen and oxygen atoms in total. The molecule has 4 saturated carbocycles. The summed E-state index contributed by atoms with van der Waals surface area (Å²) < 4.78 is 42.1. The Morgan fingerprint density at radius 2 is 1.68 bits per heavy atom. The summed E-state index contributed by atoms with van der Waals surface area (Å²) in [7, 11) is 0. The molecular formula is C13H17F3N2O4. The Kier molecular flexibility index (Phi) is 3.32. The second-order valence-corrected chi connectivity index (χ2v) is 6.71. The van der Waals surface area contributed by atoms with E-state index >= 15 is 0 Å². The molecule has 4 aliphatic rings. The molecule has 124 valence electrons. The molecule has 2 amide bonds. The smallest absolute Gasteiger partial charge is 0.405 e. The average molecular weight is 322 g/mol. The number of carbonyl (C=O) groups excluding carboxylic acids is 1. The lowest BCUT2D eigenvalue weighted by molar-refractivity contribution is -0.220. The van der Waals surface area contributed by atoms with Crippen molar-refractivity contribution in [2.75, 3.05) is 6.61 Å². The summed E-state index contributed by atoms with van der Waals surface area (Å²) >= 11 is 0. The predicted molar refractivity (Wildman–Crippen MR) is 67.1 cm³/mol. The summed E-state index contributed by atoms with van der Waals surface area (Å²) in [5, 5.41) is 13.9. The van der Waals surface area contributed by atoms with Crippen LogP contribution in [0.1, 0.15) is 32.1 Å². The van der Waals surface area contributed by atoms with Gasteiger partial charge in [-0.15, -0.1) is 0 Å². The molecule has 0 heterocycles. The number of carboxylic acid groups (broad SMARTS) is 1. The van der Waals surface area contributed by atoms with E-state index in [9.17, 15) is 22.8 Å². The highest BCUT2D eigenvalue weighted by Crippen LogP contribution is 2.60. The maximum atomic E-state index is 12.3. The van der Waals surface area contributed by atoms with Crippen LogP contribution >= 0.6 is 0 Å². The van der Waals surface area contributed by atoms with E-state index < -0.39 is 29.8 Å².